The fourth-order valence-electron chi connectivity index (χ4n) is 3.08. The van der Waals surface area contributed by atoms with Crippen molar-refractivity contribution in [2.45, 2.75) is 26.2 Å². The molecule has 0 atom stereocenters. The van der Waals surface area contributed by atoms with E-state index in [1.807, 2.05) is 42.5 Å². The van der Waals surface area contributed by atoms with Crippen molar-refractivity contribution in [3.8, 4) is 0 Å². The highest BCUT2D eigenvalue weighted by Crippen LogP contribution is 2.13. The van der Waals surface area contributed by atoms with E-state index in [1.54, 1.807) is 6.08 Å². The Morgan fingerprint density at radius 3 is 2.40 bits per heavy atom. The SMILES string of the molecule is Cc1ccc(/C=C/C(=O)Nc2ccc(CCN3CCCC3)cc2)cc1. The van der Waals surface area contributed by atoms with Gasteiger partial charge >= 0.3 is 0 Å². The molecule has 2 aromatic carbocycles. The lowest BCUT2D eigenvalue weighted by Gasteiger charge is -2.14. The standard InChI is InChI=1S/C22H26N2O/c1-18-4-6-19(7-5-18)10-13-22(25)23-21-11-8-20(9-12-21)14-17-24-15-2-3-16-24/h4-13H,2-3,14-17H2,1H3,(H,23,25)/b13-10+. The van der Waals surface area contributed by atoms with Gasteiger partial charge < -0.3 is 10.2 Å². The molecule has 0 radical (unpaired) electrons. The minimum absolute atomic E-state index is 0.106. The highest BCUT2D eigenvalue weighted by Gasteiger charge is 2.10. The molecule has 3 nitrogen and oxygen atoms in total. The second-order valence-corrected chi connectivity index (χ2v) is 6.73. The number of hydrogen-bond donors (Lipinski definition) is 1. The largest absolute Gasteiger partial charge is 0.323 e. The molecule has 1 aliphatic rings. The lowest BCUT2D eigenvalue weighted by Crippen LogP contribution is -2.21. The molecule has 0 spiro atoms. The van der Waals surface area contributed by atoms with E-state index in [1.165, 1.54) is 37.1 Å². The summed E-state index contributed by atoms with van der Waals surface area (Å²) in [5, 5.41) is 2.91. The molecule has 2 aromatic rings. The van der Waals surface area contributed by atoms with E-state index in [9.17, 15) is 4.79 Å². The fourth-order valence-corrected chi connectivity index (χ4v) is 3.08. The first kappa shape index (κ1) is 17.4. The third-order valence-electron chi connectivity index (χ3n) is 4.64. The summed E-state index contributed by atoms with van der Waals surface area (Å²) < 4.78 is 0. The summed E-state index contributed by atoms with van der Waals surface area (Å²) in [7, 11) is 0. The van der Waals surface area contributed by atoms with Crippen molar-refractivity contribution in [1.29, 1.82) is 0 Å². The van der Waals surface area contributed by atoms with Crippen molar-refractivity contribution in [3.63, 3.8) is 0 Å². The number of carbonyl (C=O) groups is 1. The van der Waals surface area contributed by atoms with E-state index in [2.05, 4.69) is 29.3 Å². The van der Waals surface area contributed by atoms with Crippen molar-refractivity contribution < 1.29 is 4.79 Å². The van der Waals surface area contributed by atoms with Crippen LogP contribution in [0, 0.1) is 6.92 Å². The number of nitrogens with zero attached hydrogens (tertiary/aromatic N) is 1. The molecule has 1 aliphatic heterocycles. The maximum absolute atomic E-state index is 12.0. The number of nitrogens with one attached hydrogen (secondary N) is 1. The van der Waals surface area contributed by atoms with Crippen LogP contribution in [-0.2, 0) is 11.2 Å². The number of carbonyl (C=O) groups excluding carboxylic acids is 1. The molecular weight excluding hydrogens is 308 g/mol. The molecule has 1 amide bonds. The Labute approximate surface area is 150 Å². The van der Waals surface area contributed by atoms with Gasteiger partial charge in [-0.3, -0.25) is 4.79 Å². The van der Waals surface area contributed by atoms with Crippen LogP contribution in [0.5, 0.6) is 0 Å². The zero-order chi connectivity index (χ0) is 17.5. The van der Waals surface area contributed by atoms with E-state index in [0.29, 0.717) is 0 Å². The van der Waals surface area contributed by atoms with E-state index in [0.717, 1.165) is 24.2 Å². The summed E-state index contributed by atoms with van der Waals surface area (Å²) >= 11 is 0. The number of amides is 1. The monoisotopic (exact) mass is 334 g/mol. The summed E-state index contributed by atoms with van der Waals surface area (Å²) in [6.45, 7) is 5.66. The summed E-state index contributed by atoms with van der Waals surface area (Å²) in [6.07, 6.45) is 7.15. The maximum atomic E-state index is 12.0. The fraction of sp³-hybridized carbons (Fsp3) is 0.318. The van der Waals surface area contributed by atoms with Crippen LogP contribution >= 0.6 is 0 Å². The minimum atomic E-state index is -0.106. The molecule has 1 fully saturated rings. The Bertz CT molecular complexity index is 711. The van der Waals surface area contributed by atoms with Gasteiger partial charge in [0.1, 0.15) is 0 Å². The summed E-state index contributed by atoms with van der Waals surface area (Å²) in [6, 6.07) is 16.3. The predicted octanol–water partition coefficient (Wildman–Crippen LogP) is 4.29. The first-order valence-corrected chi connectivity index (χ1v) is 9.06. The molecule has 0 unspecified atom stereocenters. The summed E-state index contributed by atoms with van der Waals surface area (Å²) in [5.41, 5.74) is 4.40. The van der Waals surface area contributed by atoms with Crippen LogP contribution in [0.2, 0.25) is 0 Å². The van der Waals surface area contributed by atoms with Crippen LogP contribution < -0.4 is 5.32 Å². The topological polar surface area (TPSA) is 32.3 Å². The molecule has 1 saturated heterocycles. The Morgan fingerprint density at radius 2 is 1.72 bits per heavy atom. The molecule has 0 saturated carbocycles. The lowest BCUT2D eigenvalue weighted by atomic mass is 10.1. The van der Waals surface area contributed by atoms with Gasteiger partial charge in [-0.2, -0.15) is 0 Å². The zero-order valence-electron chi connectivity index (χ0n) is 14.9. The van der Waals surface area contributed by atoms with E-state index < -0.39 is 0 Å². The van der Waals surface area contributed by atoms with Crippen molar-refractivity contribution in [2.75, 3.05) is 25.0 Å². The number of rotatable bonds is 6. The number of aryl methyl sites for hydroxylation is 1. The molecule has 1 heterocycles. The maximum Gasteiger partial charge on any atom is 0.248 e. The van der Waals surface area contributed by atoms with Crippen molar-refractivity contribution in [1.82, 2.24) is 4.90 Å². The van der Waals surface area contributed by atoms with Gasteiger partial charge in [-0.05, 0) is 68.6 Å². The molecule has 0 aromatic heterocycles. The second-order valence-electron chi connectivity index (χ2n) is 6.73. The number of benzene rings is 2. The molecular formula is C22H26N2O. The minimum Gasteiger partial charge on any atom is -0.323 e. The third-order valence-corrected chi connectivity index (χ3v) is 4.64. The van der Waals surface area contributed by atoms with Gasteiger partial charge in [0.25, 0.3) is 0 Å². The van der Waals surface area contributed by atoms with E-state index in [-0.39, 0.29) is 5.91 Å². The molecule has 3 heteroatoms. The highest BCUT2D eigenvalue weighted by atomic mass is 16.1. The highest BCUT2D eigenvalue weighted by molar-refractivity contribution is 6.01. The Hall–Kier alpha value is -2.39. The summed E-state index contributed by atoms with van der Waals surface area (Å²) in [5.74, 6) is -0.106. The molecule has 130 valence electrons. The van der Waals surface area contributed by atoms with Crippen molar-refractivity contribution in [2.24, 2.45) is 0 Å². The Kier molecular flexibility index (Phi) is 6.02. The Balaban J connectivity index is 1.48. The average molecular weight is 334 g/mol. The van der Waals surface area contributed by atoms with Crippen LogP contribution in [0.3, 0.4) is 0 Å². The molecule has 0 bridgehead atoms. The van der Waals surface area contributed by atoms with Gasteiger partial charge in [0.05, 0.1) is 0 Å². The van der Waals surface area contributed by atoms with E-state index >= 15 is 0 Å². The molecule has 0 aliphatic carbocycles. The van der Waals surface area contributed by atoms with Crippen LogP contribution in [0.15, 0.2) is 54.6 Å². The number of likely N-dealkylation sites (tertiary alicyclic amines) is 1. The normalized spacial score (nSPS) is 14.9. The van der Waals surface area contributed by atoms with Gasteiger partial charge in [-0.25, -0.2) is 0 Å². The summed E-state index contributed by atoms with van der Waals surface area (Å²) in [4.78, 5) is 14.6. The smallest absolute Gasteiger partial charge is 0.248 e. The van der Waals surface area contributed by atoms with Gasteiger partial charge in [-0.15, -0.1) is 0 Å². The molecule has 3 rings (SSSR count). The lowest BCUT2D eigenvalue weighted by molar-refractivity contribution is -0.111. The van der Waals surface area contributed by atoms with Crippen molar-refractivity contribution in [3.05, 3.63) is 71.3 Å². The zero-order valence-corrected chi connectivity index (χ0v) is 14.9. The predicted molar refractivity (Wildman–Crippen MR) is 105 cm³/mol. The second kappa shape index (κ2) is 8.63. The van der Waals surface area contributed by atoms with Crippen LogP contribution in [0.25, 0.3) is 6.08 Å². The number of anilines is 1. The van der Waals surface area contributed by atoms with Crippen LogP contribution in [0.4, 0.5) is 5.69 Å². The van der Waals surface area contributed by atoms with Crippen LogP contribution in [-0.4, -0.2) is 30.4 Å². The van der Waals surface area contributed by atoms with Gasteiger partial charge in [0, 0.05) is 18.3 Å². The van der Waals surface area contributed by atoms with Gasteiger partial charge in [0.15, 0.2) is 0 Å². The van der Waals surface area contributed by atoms with Gasteiger partial charge in [-0.1, -0.05) is 42.0 Å². The Morgan fingerprint density at radius 1 is 1.04 bits per heavy atom. The van der Waals surface area contributed by atoms with Crippen molar-refractivity contribution >= 4 is 17.7 Å². The molecule has 25 heavy (non-hydrogen) atoms. The first-order valence-electron chi connectivity index (χ1n) is 9.06. The number of hydrogen-bond acceptors (Lipinski definition) is 2. The van der Waals surface area contributed by atoms with Gasteiger partial charge in [0.2, 0.25) is 5.91 Å². The third kappa shape index (κ3) is 5.57. The quantitative estimate of drug-likeness (QED) is 0.800. The average Bonchev–Trinajstić information content (AvgIpc) is 3.14. The molecule has 1 N–H and O–H groups in total. The van der Waals surface area contributed by atoms with E-state index in [4.69, 9.17) is 0 Å². The first-order chi connectivity index (χ1) is 12.2. The van der Waals surface area contributed by atoms with Crippen LogP contribution in [0.1, 0.15) is 29.5 Å².